The number of fused-ring (bicyclic) bond motifs is 1. The van der Waals surface area contributed by atoms with Gasteiger partial charge < -0.3 is 5.32 Å². The minimum atomic E-state index is 0.787. The molecule has 0 amide bonds. The predicted molar refractivity (Wildman–Crippen MR) is 65.6 cm³/mol. The van der Waals surface area contributed by atoms with Crippen molar-refractivity contribution in [3.8, 4) is 0 Å². The number of rotatable bonds is 4. The average Bonchev–Trinajstić information content (AvgIpc) is 2.99. The summed E-state index contributed by atoms with van der Waals surface area (Å²) in [6.45, 7) is 6.97. The van der Waals surface area contributed by atoms with Gasteiger partial charge in [-0.25, -0.2) is 0 Å². The first-order chi connectivity index (χ1) is 7.27. The third-order valence-electron chi connectivity index (χ3n) is 3.36. The van der Waals surface area contributed by atoms with E-state index in [1.165, 1.54) is 17.6 Å². The van der Waals surface area contributed by atoms with Crippen molar-refractivity contribution in [2.75, 3.05) is 13.6 Å². The molecule has 80 valence electrons. The molecule has 1 nitrogen and oxygen atoms in total. The van der Waals surface area contributed by atoms with Gasteiger partial charge in [0.2, 0.25) is 0 Å². The van der Waals surface area contributed by atoms with Crippen molar-refractivity contribution in [1.29, 1.82) is 0 Å². The zero-order valence-electron chi connectivity index (χ0n) is 9.59. The second-order valence-corrected chi connectivity index (χ2v) is 4.44. The lowest BCUT2D eigenvalue weighted by Gasteiger charge is -2.14. The Labute approximate surface area is 92.3 Å². The minimum Gasteiger partial charge on any atom is -0.316 e. The van der Waals surface area contributed by atoms with E-state index in [4.69, 9.17) is 0 Å². The summed E-state index contributed by atoms with van der Waals surface area (Å²) in [5, 5.41) is 3.22. The highest BCUT2D eigenvalue weighted by Gasteiger charge is 2.42. The summed E-state index contributed by atoms with van der Waals surface area (Å²) in [4.78, 5) is 0. The molecule has 0 aromatic heterocycles. The van der Waals surface area contributed by atoms with E-state index in [1.54, 1.807) is 5.57 Å². The van der Waals surface area contributed by atoms with Crippen molar-refractivity contribution >= 4 is 0 Å². The molecule has 1 saturated carbocycles. The number of hydrogen-bond donors (Lipinski definition) is 1. The maximum absolute atomic E-state index is 3.78. The molecule has 2 aliphatic rings. The molecular weight excluding hydrogens is 182 g/mol. The van der Waals surface area contributed by atoms with E-state index in [0.717, 1.165) is 18.4 Å². The summed E-state index contributed by atoms with van der Waals surface area (Å²) in [5.74, 6) is 1.62. The van der Waals surface area contributed by atoms with Crippen molar-refractivity contribution in [3.05, 3.63) is 47.6 Å². The third-order valence-corrected chi connectivity index (χ3v) is 3.36. The van der Waals surface area contributed by atoms with Gasteiger partial charge in [-0.2, -0.15) is 0 Å². The molecule has 0 aromatic carbocycles. The lowest BCUT2D eigenvalue weighted by molar-refractivity contribution is 0.821. The number of likely N-dealkylation sites (N-methyl/N-ethyl adjacent to an activating group) is 1. The van der Waals surface area contributed by atoms with Gasteiger partial charge in [0.15, 0.2) is 0 Å². The molecule has 15 heavy (non-hydrogen) atoms. The first-order valence-electron chi connectivity index (χ1n) is 5.63. The van der Waals surface area contributed by atoms with Gasteiger partial charge >= 0.3 is 0 Å². The standard InChI is InChI=1S/C14H19N/c1-4-5-11(9-15-3)12-7-6-10(2)13-8-14(12)13/h4-7,13-15H,1,8-9H2,2-3H3/b11-5+. The van der Waals surface area contributed by atoms with Crippen LogP contribution >= 0.6 is 0 Å². The molecule has 2 atom stereocenters. The van der Waals surface area contributed by atoms with Crippen LogP contribution in [0.15, 0.2) is 47.6 Å². The Morgan fingerprint density at radius 3 is 3.00 bits per heavy atom. The van der Waals surface area contributed by atoms with Gasteiger partial charge in [0, 0.05) is 6.54 Å². The highest BCUT2D eigenvalue weighted by atomic mass is 14.8. The fourth-order valence-corrected chi connectivity index (χ4v) is 2.45. The van der Waals surface area contributed by atoms with Crippen molar-refractivity contribution < 1.29 is 0 Å². The molecule has 2 rings (SSSR count). The van der Waals surface area contributed by atoms with Crippen LogP contribution in [0.4, 0.5) is 0 Å². The molecule has 0 bridgehead atoms. The Hall–Kier alpha value is -1.08. The Kier molecular flexibility index (Phi) is 2.92. The van der Waals surface area contributed by atoms with E-state index in [2.05, 4.69) is 37.0 Å². The first-order valence-corrected chi connectivity index (χ1v) is 5.63. The lowest BCUT2D eigenvalue weighted by Crippen LogP contribution is -2.13. The van der Waals surface area contributed by atoms with E-state index < -0.39 is 0 Å². The van der Waals surface area contributed by atoms with Gasteiger partial charge in [-0.15, -0.1) is 0 Å². The highest BCUT2D eigenvalue weighted by Crippen LogP contribution is 2.52. The molecule has 1 N–H and O–H groups in total. The summed E-state index contributed by atoms with van der Waals surface area (Å²) in [5.41, 5.74) is 4.45. The third kappa shape index (κ3) is 1.98. The van der Waals surface area contributed by atoms with Crippen LogP contribution in [0.1, 0.15) is 13.3 Å². The zero-order valence-corrected chi connectivity index (χ0v) is 9.59. The molecule has 2 unspecified atom stereocenters. The summed E-state index contributed by atoms with van der Waals surface area (Å²) in [7, 11) is 1.99. The van der Waals surface area contributed by atoms with E-state index in [0.29, 0.717) is 0 Å². The number of allylic oxidation sites excluding steroid dienone is 5. The van der Waals surface area contributed by atoms with Gasteiger partial charge in [0.25, 0.3) is 0 Å². The van der Waals surface area contributed by atoms with Gasteiger partial charge in [0.05, 0.1) is 0 Å². The van der Waals surface area contributed by atoms with Gasteiger partial charge in [-0.1, -0.05) is 36.5 Å². The van der Waals surface area contributed by atoms with Crippen molar-refractivity contribution in [3.63, 3.8) is 0 Å². The number of nitrogens with one attached hydrogen (secondary N) is 1. The molecule has 1 heteroatoms. The fourth-order valence-electron chi connectivity index (χ4n) is 2.45. The Morgan fingerprint density at radius 1 is 1.53 bits per heavy atom. The van der Waals surface area contributed by atoms with Crippen molar-refractivity contribution in [1.82, 2.24) is 5.32 Å². The topological polar surface area (TPSA) is 12.0 Å². The van der Waals surface area contributed by atoms with Crippen LogP contribution in [0, 0.1) is 11.8 Å². The summed E-state index contributed by atoms with van der Waals surface area (Å²) in [6.07, 6.45) is 9.92. The van der Waals surface area contributed by atoms with Crippen LogP contribution in [0.25, 0.3) is 0 Å². The van der Waals surface area contributed by atoms with Crippen LogP contribution in [0.2, 0.25) is 0 Å². The molecule has 1 fully saturated rings. The van der Waals surface area contributed by atoms with Crippen molar-refractivity contribution in [2.24, 2.45) is 11.8 Å². The molecule has 0 heterocycles. The first kappa shape index (κ1) is 10.4. The van der Waals surface area contributed by atoms with Crippen molar-refractivity contribution in [2.45, 2.75) is 13.3 Å². The molecule has 0 aromatic rings. The quantitative estimate of drug-likeness (QED) is 0.690. The maximum atomic E-state index is 3.78. The SMILES string of the molecule is C=C/C=C(\CNC)C1=CC=C(C)C2CC12. The van der Waals surface area contributed by atoms with E-state index in [1.807, 2.05) is 13.1 Å². The van der Waals surface area contributed by atoms with Gasteiger partial charge in [-0.3, -0.25) is 0 Å². The molecule has 2 aliphatic carbocycles. The van der Waals surface area contributed by atoms with E-state index in [9.17, 15) is 0 Å². The van der Waals surface area contributed by atoms with Crippen LogP contribution in [0.3, 0.4) is 0 Å². The summed E-state index contributed by atoms with van der Waals surface area (Å²) in [6, 6.07) is 0. The summed E-state index contributed by atoms with van der Waals surface area (Å²) >= 11 is 0. The summed E-state index contributed by atoms with van der Waals surface area (Å²) < 4.78 is 0. The Bertz CT molecular complexity index is 358. The van der Waals surface area contributed by atoms with Crippen LogP contribution in [-0.4, -0.2) is 13.6 Å². The Morgan fingerprint density at radius 2 is 2.33 bits per heavy atom. The fraction of sp³-hybridized carbons (Fsp3) is 0.429. The molecule has 0 radical (unpaired) electrons. The highest BCUT2D eigenvalue weighted by molar-refractivity contribution is 5.47. The molecule has 0 spiro atoms. The largest absolute Gasteiger partial charge is 0.316 e. The van der Waals surface area contributed by atoms with Gasteiger partial charge in [-0.05, 0) is 43.4 Å². The monoisotopic (exact) mass is 201 g/mol. The van der Waals surface area contributed by atoms with Crippen LogP contribution in [-0.2, 0) is 0 Å². The second kappa shape index (κ2) is 4.19. The van der Waals surface area contributed by atoms with E-state index >= 15 is 0 Å². The van der Waals surface area contributed by atoms with Crippen LogP contribution < -0.4 is 5.32 Å². The van der Waals surface area contributed by atoms with Gasteiger partial charge in [0.1, 0.15) is 0 Å². The van der Waals surface area contributed by atoms with Crippen LogP contribution in [0.5, 0.6) is 0 Å². The second-order valence-electron chi connectivity index (χ2n) is 4.44. The molecule has 0 saturated heterocycles. The minimum absolute atomic E-state index is 0.787. The average molecular weight is 201 g/mol. The normalized spacial score (nSPS) is 29.1. The number of hydrogen-bond acceptors (Lipinski definition) is 1. The maximum Gasteiger partial charge on any atom is 0.0205 e. The zero-order chi connectivity index (χ0) is 10.8. The van der Waals surface area contributed by atoms with E-state index in [-0.39, 0.29) is 0 Å². The molecular formula is C14H19N. The molecule has 0 aliphatic heterocycles. The lowest BCUT2D eigenvalue weighted by atomic mass is 9.93. The predicted octanol–water partition coefficient (Wildman–Crippen LogP) is 2.84. The Balaban J connectivity index is 2.22. The smallest absolute Gasteiger partial charge is 0.0205 e.